The van der Waals surface area contributed by atoms with E-state index in [1.165, 1.54) is 6.07 Å². The number of benzene rings is 2. The number of rotatable bonds is 13. The van der Waals surface area contributed by atoms with Crippen molar-refractivity contribution in [3.8, 4) is 5.75 Å². The van der Waals surface area contributed by atoms with Gasteiger partial charge in [0.05, 0.1) is 30.0 Å². The van der Waals surface area contributed by atoms with Crippen LogP contribution >= 0.6 is 20.2 Å². The Balaban J connectivity index is 1.67. The smallest absolute Gasteiger partial charge is 0.419 e. The van der Waals surface area contributed by atoms with Crippen LogP contribution in [0.1, 0.15) is 83.6 Å². The lowest BCUT2D eigenvalue weighted by Gasteiger charge is -2.32. The van der Waals surface area contributed by atoms with Crippen LogP contribution in [-0.2, 0) is 37.3 Å². The fraction of sp³-hybridized carbons (Fsp3) is 0.594. The predicted octanol–water partition coefficient (Wildman–Crippen LogP) is 9.67. The van der Waals surface area contributed by atoms with Crippen molar-refractivity contribution in [1.82, 2.24) is 0 Å². The van der Waals surface area contributed by atoms with Gasteiger partial charge in [-0.3, -0.25) is 0 Å². The first-order chi connectivity index (χ1) is 19.8. The van der Waals surface area contributed by atoms with Gasteiger partial charge in [0.15, 0.2) is 5.90 Å². The first kappa shape index (κ1) is 35.6. The summed E-state index contributed by atoms with van der Waals surface area (Å²) in [6, 6.07) is 9.96. The minimum absolute atomic E-state index is 0.142. The summed E-state index contributed by atoms with van der Waals surface area (Å²) in [5.41, 5.74) is -0.0162. The van der Waals surface area contributed by atoms with Crippen molar-refractivity contribution in [3.05, 3.63) is 63.7 Å². The molecule has 1 unspecified atom stereocenters. The summed E-state index contributed by atoms with van der Waals surface area (Å²) in [5.74, 6) is 0.332. The molecule has 0 spiro atoms. The molecule has 0 amide bonds. The molecule has 0 saturated heterocycles. The summed E-state index contributed by atoms with van der Waals surface area (Å²) in [6.07, 6.45) is -2.57. The van der Waals surface area contributed by atoms with E-state index in [-0.39, 0.29) is 25.6 Å². The molecule has 0 aromatic heterocycles. The molecule has 6 nitrogen and oxygen atoms in total. The normalized spacial score (nSPS) is 17.7. The number of nitrogens with zero attached hydrogens (tertiary/aromatic N) is 1. The lowest BCUT2D eigenvalue weighted by Crippen LogP contribution is -2.35. The van der Waals surface area contributed by atoms with Gasteiger partial charge in [-0.15, -0.1) is 0 Å². The molecule has 43 heavy (non-hydrogen) atoms. The molecule has 0 bridgehead atoms. The largest absolute Gasteiger partial charge is 0.493 e. The lowest BCUT2D eigenvalue weighted by molar-refractivity contribution is -0.139. The minimum Gasteiger partial charge on any atom is -0.493 e. The molecule has 0 fully saturated rings. The van der Waals surface area contributed by atoms with E-state index >= 15 is 0 Å². The van der Waals surface area contributed by atoms with E-state index in [4.69, 9.17) is 34.6 Å². The molecule has 0 radical (unpaired) electrons. The van der Waals surface area contributed by atoms with Crippen LogP contribution in [0.15, 0.2) is 41.4 Å². The van der Waals surface area contributed by atoms with Crippen LogP contribution in [0.2, 0.25) is 5.02 Å². The molecule has 1 aliphatic rings. The third-order valence-corrected chi connectivity index (χ3v) is 8.56. The first-order valence-electron chi connectivity index (χ1n) is 14.4. The highest BCUT2D eigenvalue weighted by molar-refractivity contribution is 7.41. The van der Waals surface area contributed by atoms with Crippen LogP contribution in [0.4, 0.5) is 13.2 Å². The van der Waals surface area contributed by atoms with Crippen molar-refractivity contribution in [2.24, 2.45) is 4.99 Å². The van der Waals surface area contributed by atoms with Crippen molar-refractivity contribution < 1.29 is 36.2 Å². The van der Waals surface area contributed by atoms with Gasteiger partial charge < -0.3 is 23.0 Å². The molecule has 2 aromatic rings. The van der Waals surface area contributed by atoms with Gasteiger partial charge in [0.1, 0.15) is 17.9 Å². The van der Waals surface area contributed by atoms with Crippen molar-refractivity contribution in [3.63, 3.8) is 0 Å². The third kappa shape index (κ3) is 11.8. The number of aliphatic imine (C=N–C) groups is 1. The highest BCUT2D eigenvalue weighted by atomic mass is 35.5. The maximum absolute atomic E-state index is 14.1. The molecule has 240 valence electrons. The first-order valence-corrected chi connectivity index (χ1v) is 15.9. The molecule has 3 rings (SSSR count). The Morgan fingerprint density at radius 1 is 0.930 bits per heavy atom. The molecule has 1 heterocycles. The molecular formula is C32H44ClF3NO5P. The molecule has 0 N–H and O–H groups in total. The van der Waals surface area contributed by atoms with Gasteiger partial charge in [-0.05, 0) is 109 Å². The van der Waals surface area contributed by atoms with Gasteiger partial charge in [0.25, 0.3) is 0 Å². The Morgan fingerprint density at radius 3 is 2.12 bits per heavy atom. The summed E-state index contributed by atoms with van der Waals surface area (Å²) < 4.78 is 71.7. The average molecular weight is 646 g/mol. The quantitative estimate of drug-likeness (QED) is 0.160. The Kier molecular flexibility index (Phi) is 12.0. The van der Waals surface area contributed by atoms with Crippen LogP contribution in [0.25, 0.3) is 0 Å². The van der Waals surface area contributed by atoms with E-state index in [0.717, 1.165) is 17.2 Å². The fourth-order valence-corrected chi connectivity index (χ4v) is 5.88. The van der Waals surface area contributed by atoms with E-state index in [1.54, 1.807) is 13.0 Å². The summed E-state index contributed by atoms with van der Waals surface area (Å²) in [5, 5.41) is 0.685. The van der Waals surface area contributed by atoms with Crippen LogP contribution in [0, 0.1) is 6.92 Å². The number of alkyl halides is 3. The second kappa shape index (κ2) is 14.5. The van der Waals surface area contributed by atoms with Crippen LogP contribution < -0.4 is 4.74 Å². The monoisotopic (exact) mass is 645 g/mol. The van der Waals surface area contributed by atoms with Gasteiger partial charge in [-0.2, -0.15) is 13.2 Å². The summed E-state index contributed by atoms with van der Waals surface area (Å²) in [6.45, 7) is 15.7. The number of hydrogen-bond donors (Lipinski definition) is 0. The van der Waals surface area contributed by atoms with Gasteiger partial charge in [0.2, 0.25) is 0 Å². The maximum Gasteiger partial charge on any atom is 0.419 e. The zero-order chi connectivity index (χ0) is 32.1. The summed E-state index contributed by atoms with van der Waals surface area (Å²) >= 11 is 6.08. The van der Waals surface area contributed by atoms with Crippen molar-refractivity contribution in [1.29, 1.82) is 0 Å². The second-order valence-corrected chi connectivity index (χ2v) is 14.4. The zero-order valence-electron chi connectivity index (χ0n) is 26.4. The van der Waals surface area contributed by atoms with Crippen LogP contribution in [0.3, 0.4) is 0 Å². The third-order valence-electron chi connectivity index (χ3n) is 6.40. The summed E-state index contributed by atoms with van der Waals surface area (Å²) in [7, 11) is -1.71. The second-order valence-electron chi connectivity index (χ2n) is 12.9. The SMILES string of the molecule is CC1=NC(CCc2ccc(OCCCc3ccc(Cl)c(C)c3)c(C(F)(F)F)c2)(COP(OC(C)(C)C)OC(C)(C)C)CO1. The van der Waals surface area contributed by atoms with Gasteiger partial charge in [-0.25, -0.2) is 4.99 Å². The Hall–Kier alpha value is -1.90. The van der Waals surface area contributed by atoms with Gasteiger partial charge >= 0.3 is 14.8 Å². The van der Waals surface area contributed by atoms with Crippen LogP contribution in [0.5, 0.6) is 5.75 Å². The Bertz CT molecular complexity index is 1240. The van der Waals surface area contributed by atoms with E-state index in [0.29, 0.717) is 42.2 Å². The van der Waals surface area contributed by atoms with Gasteiger partial charge in [-0.1, -0.05) is 29.8 Å². The molecule has 11 heteroatoms. The molecule has 1 aliphatic heterocycles. The summed E-state index contributed by atoms with van der Waals surface area (Å²) in [4.78, 5) is 4.69. The molecular weight excluding hydrogens is 602 g/mol. The predicted molar refractivity (Wildman–Crippen MR) is 166 cm³/mol. The molecule has 2 aromatic carbocycles. The van der Waals surface area contributed by atoms with Crippen molar-refractivity contribution in [2.75, 3.05) is 19.8 Å². The lowest BCUT2D eigenvalue weighted by atomic mass is 9.93. The zero-order valence-corrected chi connectivity index (χ0v) is 28.0. The average Bonchev–Trinajstić information content (AvgIpc) is 3.25. The van der Waals surface area contributed by atoms with Crippen molar-refractivity contribution in [2.45, 2.75) is 104 Å². The minimum atomic E-state index is -4.56. The van der Waals surface area contributed by atoms with E-state index in [2.05, 4.69) is 4.99 Å². The van der Waals surface area contributed by atoms with E-state index < -0.39 is 37.1 Å². The molecule has 0 saturated carbocycles. The van der Waals surface area contributed by atoms with Gasteiger partial charge in [0, 0.05) is 11.9 Å². The van der Waals surface area contributed by atoms with E-state index in [9.17, 15) is 13.2 Å². The van der Waals surface area contributed by atoms with E-state index in [1.807, 2.05) is 66.7 Å². The molecule has 0 aliphatic carbocycles. The van der Waals surface area contributed by atoms with Crippen molar-refractivity contribution >= 4 is 26.1 Å². The molecule has 1 atom stereocenters. The Morgan fingerprint density at radius 2 is 1.56 bits per heavy atom. The maximum atomic E-state index is 14.1. The highest BCUT2D eigenvalue weighted by Crippen LogP contribution is 2.48. The fourth-order valence-electron chi connectivity index (χ4n) is 4.38. The van der Waals surface area contributed by atoms with Crippen LogP contribution in [-0.4, -0.2) is 42.5 Å². The topological polar surface area (TPSA) is 58.5 Å². The standard InChI is InChI=1S/C32H44ClF3NO5P/c1-22-18-24(11-13-27(22)33)10-9-17-38-28-14-12-25(19-26(28)32(34,35)36)15-16-31(20-39-23(2)37-31)21-40-43(41-29(3,4)5)42-30(6,7)8/h11-14,18-19H,9-10,15-17,20-21H2,1-8H3. The highest BCUT2D eigenvalue weighted by Gasteiger charge is 2.39. The number of aryl methyl sites for hydroxylation is 3. The number of halogens is 4. The Labute approximate surface area is 260 Å². The number of hydrogen-bond acceptors (Lipinski definition) is 6. The number of ether oxygens (including phenoxy) is 2.